The summed E-state index contributed by atoms with van der Waals surface area (Å²) < 4.78 is 0. The third-order valence-corrected chi connectivity index (χ3v) is 4.37. The van der Waals surface area contributed by atoms with Crippen LogP contribution >= 0.6 is 11.6 Å². The number of rotatable bonds is 6. The summed E-state index contributed by atoms with van der Waals surface area (Å²) >= 11 is 6.16. The first kappa shape index (κ1) is 18.3. The van der Waals surface area contributed by atoms with Crippen molar-refractivity contribution in [3.63, 3.8) is 0 Å². The Labute approximate surface area is 145 Å². The molecule has 1 fully saturated rings. The Morgan fingerprint density at radius 3 is 2.42 bits per heavy atom. The van der Waals surface area contributed by atoms with E-state index in [0.29, 0.717) is 16.4 Å². The highest BCUT2D eigenvalue weighted by molar-refractivity contribution is 6.34. The second-order valence-electron chi connectivity index (χ2n) is 5.96. The van der Waals surface area contributed by atoms with Crippen molar-refractivity contribution >= 4 is 40.8 Å². The molecule has 6 nitrogen and oxygen atoms in total. The third kappa shape index (κ3) is 5.53. The first-order valence-electron chi connectivity index (χ1n) is 8.08. The Morgan fingerprint density at radius 2 is 1.79 bits per heavy atom. The van der Waals surface area contributed by atoms with Crippen molar-refractivity contribution in [2.75, 3.05) is 10.6 Å². The Kier molecular flexibility index (Phi) is 6.61. The standard InChI is InChI=1S/C17H21ClN2O4/c18-13-10-12(19-15(21)8-9-16(22)23)6-7-14(13)20-17(24)11-4-2-1-3-5-11/h6-7,10-11H,1-5,8-9H2,(H,19,21)(H,20,24)(H,22,23). The summed E-state index contributed by atoms with van der Waals surface area (Å²) in [5, 5.41) is 14.3. The van der Waals surface area contributed by atoms with E-state index < -0.39 is 11.9 Å². The molecule has 2 amide bonds. The Balaban J connectivity index is 1.92. The molecule has 0 saturated heterocycles. The summed E-state index contributed by atoms with van der Waals surface area (Å²) in [4.78, 5) is 34.3. The quantitative estimate of drug-likeness (QED) is 0.728. The molecule has 0 spiro atoms. The van der Waals surface area contributed by atoms with Gasteiger partial charge in [-0.3, -0.25) is 14.4 Å². The molecule has 0 bridgehead atoms. The molecule has 1 saturated carbocycles. The average molecular weight is 353 g/mol. The molecule has 0 heterocycles. The lowest BCUT2D eigenvalue weighted by atomic mass is 9.88. The molecule has 24 heavy (non-hydrogen) atoms. The maximum atomic E-state index is 12.2. The zero-order chi connectivity index (χ0) is 17.5. The van der Waals surface area contributed by atoms with Crippen molar-refractivity contribution in [3.05, 3.63) is 23.2 Å². The SMILES string of the molecule is O=C(O)CCC(=O)Nc1ccc(NC(=O)C2CCCCC2)c(Cl)c1. The predicted molar refractivity (Wildman–Crippen MR) is 92.2 cm³/mol. The van der Waals surface area contributed by atoms with Gasteiger partial charge in [0.15, 0.2) is 0 Å². The van der Waals surface area contributed by atoms with Crippen molar-refractivity contribution in [3.8, 4) is 0 Å². The lowest BCUT2D eigenvalue weighted by Crippen LogP contribution is -2.24. The van der Waals surface area contributed by atoms with Crippen molar-refractivity contribution in [1.29, 1.82) is 0 Å². The zero-order valence-corrected chi connectivity index (χ0v) is 14.1. The summed E-state index contributed by atoms with van der Waals surface area (Å²) in [6.07, 6.45) is 4.81. The number of carbonyl (C=O) groups is 3. The van der Waals surface area contributed by atoms with E-state index >= 15 is 0 Å². The second kappa shape index (κ2) is 8.68. The van der Waals surface area contributed by atoms with E-state index in [1.54, 1.807) is 12.1 Å². The molecule has 3 N–H and O–H groups in total. The number of benzene rings is 1. The summed E-state index contributed by atoms with van der Waals surface area (Å²) in [5.74, 6) is -1.41. The number of hydrogen-bond donors (Lipinski definition) is 3. The molecule has 1 aliphatic carbocycles. The van der Waals surface area contributed by atoms with Crippen LogP contribution in [-0.4, -0.2) is 22.9 Å². The van der Waals surface area contributed by atoms with Crippen molar-refractivity contribution in [2.45, 2.75) is 44.9 Å². The van der Waals surface area contributed by atoms with Gasteiger partial charge in [-0.15, -0.1) is 0 Å². The van der Waals surface area contributed by atoms with Crippen LogP contribution in [0.25, 0.3) is 0 Å². The fourth-order valence-electron chi connectivity index (χ4n) is 2.74. The normalized spacial score (nSPS) is 14.9. The van der Waals surface area contributed by atoms with Crippen molar-refractivity contribution < 1.29 is 19.5 Å². The fourth-order valence-corrected chi connectivity index (χ4v) is 2.97. The van der Waals surface area contributed by atoms with E-state index in [9.17, 15) is 14.4 Å². The Bertz CT molecular complexity index is 627. The predicted octanol–water partition coefficient (Wildman–Crippen LogP) is 3.66. The maximum Gasteiger partial charge on any atom is 0.303 e. The van der Waals surface area contributed by atoms with E-state index in [1.165, 1.54) is 12.5 Å². The van der Waals surface area contributed by atoms with Crippen LogP contribution in [0.1, 0.15) is 44.9 Å². The van der Waals surface area contributed by atoms with Gasteiger partial charge in [0.05, 0.1) is 17.1 Å². The molecule has 0 aliphatic heterocycles. The van der Waals surface area contributed by atoms with Crippen LogP contribution in [0.3, 0.4) is 0 Å². The van der Waals surface area contributed by atoms with Crippen LogP contribution in [0.2, 0.25) is 5.02 Å². The molecule has 0 atom stereocenters. The number of amides is 2. The Hall–Kier alpha value is -2.08. The van der Waals surface area contributed by atoms with Gasteiger partial charge in [0.1, 0.15) is 0 Å². The molecule has 1 aliphatic rings. The lowest BCUT2D eigenvalue weighted by Gasteiger charge is -2.21. The number of halogens is 1. The van der Waals surface area contributed by atoms with Crippen LogP contribution in [0, 0.1) is 5.92 Å². The first-order chi connectivity index (χ1) is 11.5. The van der Waals surface area contributed by atoms with Gasteiger partial charge >= 0.3 is 5.97 Å². The molecule has 2 rings (SSSR count). The lowest BCUT2D eigenvalue weighted by molar-refractivity contribution is -0.138. The highest BCUT2D eigenvalue weighted by atomic mass is 35.5. The number of carboxylic acid groups (broad SMARTS) is 1. The number of carboxylic acids is 1. The van der Waals surface area contributed by atoms with Crippen molar-refractivity contribution in [1.82, 2.24) is 0 Å². The maximum absolute atomic E-state index is 12.2. The Morgan fingerprint density at radius 1 is 1.08 bits per heavy atom. The first-order valence-corrected chi connectivity index (χ1v) is 8.45. The zero-order valence-electron chi connectivity index (χ0n) is 13.3. The summed E-state index contributed by atoms with van der Waals surface area (Å²) in [6.45, 7) is 0. The fraction of sp³-hybridized carbons (Fsp3) is 0.471. The van der Waals surface area contributed by atoms with E-state index in [4.69, 9.17) is 16.7 Å². The number of hydrogen-bond acceptors (Lipinski definition) is 3. The highest BCUT2D eigenvalue weighted by Crippen LogP contribution is 2.29. The van der Waals surface area contributed by atoms with Gasteiger partial charge in [-0.2, -0.15) is 0 Å². The molecule has 130 valence electrons. The van der Waals surface area contributed by atoms with Gasteiger partial charge < -0.3 is 15.7 Å². The third-order valence-electron chi connectivity index (χ3n) is 4.05. The summed E-state index contributed by atoms with van der Waals surface area (Å²) in [5.41, 5.74) is 0.974. The molecule has 0 radical (unpaired) electrons. The van der Waals surface area contributed by atoms with Crippen LogP contribution in [0.4, 0.5) is 11.4 Å². The van der Waals surface area contributed by atoms with Gasteiger partial charge in [0.25, 0.3) is 0 Å². The molecular formula is C17H21ClN2O4. The van der Waals surface area contributed by atoms with E-state index in [0.717, 1.165) is 25.7 Å². The molecular weight excluding hydrogens is 332 g/mol. The molecule has 0 unspecified atom stereocenters. The molecule has 7 heteroatoms. The van der Waals surface area contributed by atoms with Gasteiger partial charge in [0.2, 0.25) is 11.8 Å². The van der Waals surface area contributed by atoms with E-state index in [2.05, 4.69) is 10.6 Å². The summed E-state index contributed by atoms with van der Waals surface area (Å²) in [6, 6.07) is 4.80. The van der Waals surface area contributed by atoms with E-state index in [-0.39, 0.29) is 24.7 Å². The monoisotopic (exact) mass is 352 g/mol. The van der Waals surface area contributed by atoms with Crippen LogP contribution in [0.15, 0.2) is 18.2 Å². The van der Waals surface area contributed by atoms with Crippen LogP contribution < -0.4 is 10.6 Å². The molecule has 1 aromatic carbocycles. The van der Waals surface area contributed by atoms with Crippen LogP contribution in [0.5, 0.6) is 0 Å². The highest BCUT2D eigenvalue weighted by Gasteiger charge is 2.21. The smallest absolute Gasteiger partial charge is 0.303 e. The van der Waals surface area contributed by atoms with Gasteiger partial charge in [-0.1, -0.05) is 30.9 Å². The van der Waals surface area contributed by atoms with E-state index in [1.807, 2.05) is 0 Å². The number of nitrogens with one attached hydrogen (secondary N) is 2. The average Bonchev–Trinajstić information content (AvgIpc) is 2.56. The second-order valence-corrected chi connectivity index (χ2v) is 6.37. The van der Waals surface area contributed by atoms with Gasteiger partial charge in [0, 0.05) is 18.0 Å². The topological polar surface area (TPSA) is 95.5 Å². The minimum Gasteiger partial charge on any atom is -0.481 e. The number of anilines is 2. The molecule has 1 aromatic rings. The molecule has 0 aromatic heterocycles. The minimum atomic E-state index is -1.02. The summed E-state index contributed by atoms with van der Waals surface area (Å²) in [7, 11) is 0. The van der Waals surface area contributed by atoms with Crippen molar-refractivity contribution in [2.24, 2.45) is 5.92 Å². The number of carbonyl (C=O) groups excluding carboxylic acids is 2. The number of aliphatic carboxylic acids is 1. The minimum absolute atomic E-state index is 0.0187. The van der Waals surface area contributed by atoms with Gasteiger partial charge in [-0.05, 0) is 31.0 Å². The van der Waals surface area contributed by atoms with Gasteiger partial charge in [-0.25, -0.2) is 0 Å². The van der Waals surface area contributed by atoms with Crippen LogP contribution in [-0.2, 0) is 14.4 Å². The largest absolute Gasteiger partial charge is 0.481 e.